The summed E-state index contributed by atoms with van der Waals surface area (Å²) in [6.45, 7) is 2.88. The fraction of sp³-hybridized carbons (Fsp3) is 0.600. The Hall–Kier alpha value is -1.59. The molecule has 0 amide bonds. The minimum absolute atomic E-state index is 0.0752. The van der Waals surface area contributed by atoms with Crippen molar-refractivity contribution >= 4 is 0 Å². The van der Waals surface area contributed by atoms with Crippen LogP contribution < -0.4 is 5.32 Å². The largest absolute Gasteiger partial charge is 0.355 e. The molecule has 0 bridgehead atoms. The molecule has 1 saturated heterocycles. The molecule has 1 aromatic rings. The lowest BCUT2D eigenvalue weighted by molar-refractivity contribution is -0.187. The lowest BCUT2D eigenvalue weighted by atomic mass is 10.0. The smallest absolute Gasteiger partial charge is 0.166 e. The number of azide groups is 1. The van der Waals surface area contributed by atoms with Gasteiger partial charge >= 0.3 is 0 Å². The second-order valence-electron chi connectivity index (χ2n) is 5.25. The molecule has 1 N–H and O–H groups in total. The van der Waals surface area contributed by atoms with Gasteiger partial charge in [0.05, 0.1) is 12.1 Å². The van der Waals surface area contributed by atoms with Crippen molar-refractivity contribution in [3.8, 4) is 0 Å². The Kier molecular flexibility index (Phi) is 6.02. The zero-order valence-corrected chi connectivity index (χ0v) is 12.5. The predicted molar refractivity (Wildman–Crippen MR) is 80.7 cm³/mol. The maximum atomic E-state index is 8.53. The van der Waals surface area contributed by atoms with Crippen LogP contribution >= 0.6 is 0 Å². The Labute approximate surface area is 125 Å². The fourth-order valence-electron chi connectivity index (χ4n) is 2.55. The van der Waals surface area contributed by atoms with Crippen LogP contribution in [0.4, 0.5) is 0 Å². The first-order valence-electron chi connectivity index (χ1n) is 7.25. The van der Waals surface area contributed by atoms with Crippen LogP contribution in [0.1, 0.15) is 31.4 Å². The molecule has 1 aliphatic rings. The van der Waals surface area contributed by atoms with Crippen LogP contribution in [0, 0.1) is 0 Å². The molecule has 0 unspecified atom stereocenters. The summed E-state index contributed by atoms with van der Waals surface area (Å²) in [6, 6.07) is 10.3. The Bertz CT molecular complexity index is 476. The normalized spacial score (nSPS) is 26.9. The van der Waals surface area contributed by atoms with Crippen LogP contribution in [-0.2, 0) is 9.47 Å². The van der Waals surface area contributed by atoms with Crippen molar-refractivity contribution in [3.05, 3.63) is 46.3 Å². The quantitative estimate of drug-likeness (QED) is 0.496. The Morgan fingerprint density at radius 2 is 2.19 bits per heavy atom. The number of methoxy groups -OCH3 is 1. The third-order valence-electron chi connectivity index (χ3n) is 3.81. The molecule has 0 spiro atoms. The summed E-state index contributed by atoms with van der Waals surface area (Å²) < 4.78 is 11.1. The van der Waals surface area contributed by atoms with Gasteiger partial charge in [-0.15, -0.1) is 0 Å². The number of rotatable bonds is 6. The van der Waals surface area contributed by atoms with E-state index >= 15 is 0 Å². The summed E-state index contributed by atoms with van der Waals surface area (Å²) in [6.07, 6.45) is 1.27. The molecule has 114 valence electrons. The van der Waals surface area contributed by atoms with Gasteiger partial charge in [-0.2, -0.15) is 0 Å². The van der Waals surface area contributed by atoms with E-state index in [0.29, 0.717) is 0 Å². The number of hydrogen-bond donors (Lipinski definition) is 1. The summed E-state index contributed by atoms with van der Waals surface area (Å²) in [5.41, 5.74) is 9.79. The Morgan fingerprint density at radius 1 is 1.43 bits per heavy atom. The van der Waals surface area contributed by atoms with Crippen LogP contribution in [0.5, 0.6) is 0 Å². The molecule has 0 radical (unpaired) electrons. The van der Waals surface area contributed by atoms with Crippen molar-refractivity contribution in [3.63, 3.8) is 0 Å². The third-order valence-corrected chi connectivity index (χ3v) is 3.81. The van der Waals surface area contributed by atoms with Crippen LogP contribution in [0.2, 0.25) is 0 Å². The van der Waals surface area contributed by atoms with E-state index in [1.807, 2.05) is 18.2 Å². The number of hydrogen-bond acceptors (Lipinski definition) is 4. The number of benzene rings is 1. The molecule has 1 fully saturated rings. The highest BCUT2D eigenvalue weighted by molar-refractivity contribution is 5.18. The summed E-state index contributed by atoms with van der Waals surface area (Å²) in [7, 11) is 1.58. The molecule has 2 rings (SSSR count). The fourth-order valence-corrected chi connectivity index (χ4v) is 2.55. The minimum Gasteiger partial charge on any atom is -0.355 e. The minimum atomic E-state index is -0.450. The van der Waals surface area contributed by atoms with Gasteiger partial charge in [0.25, 0.3) is 0 Å². The Morgan fingerprint density at radius 3 is 2.86 bits per heavy atom. The third kappa shape index (κ3) is 4.44. The van der Waals surface area contributed by atoms with E-state index in [9.17, 15) is 0 Å². The molecular weight excluding hydrogens is 268 g/mol. The number of ether oxygens (including phenoxy) is 2. The van der Waals surface area contributed by atoms with E-state index in [1.54, 1.807) is 7.11 Å². The molecular formula is C15H22N4O2. The summed E-state index contributed by atoms with van der Waals surface area (Å²) in [4.78, 5) is 2.85. The lowest BCUT2D eigenvalue weighted by Crippen LogP contribution is -2.43. The SMILES string of the molecule is CO[C@@H]1O[C@H](CN[C@H](C)c2ccccc2)CC[C@H]1N=[N+]=[N-]. The second-order valence-corrected chi connectivity index (χ2v) is 5.25. The van der Waals surface area contributed by atoms with E-state index < -0.39 is 6.29 Å². The van der Waals surface area contributed by atoms with Crippen molar-refractivity contribution in [2.75, 3.05) is 13.7 Å². The first kappa shape index (κ1) is 15.8. The molecule has 4 atom stereocenters. The molecule has 0 saturated carbocycles. The van der Waals surface area contributed by atoms with E-state index in [4.69, 9.17) is 15.0 Å². The highest BCUT2D eigenvalue weighted by Gasteiger charge is 2.30. The molecule has 1 aliphatic heterocycles. The Balaban J connectivity index is 1.83. The molecule has 0 aromatic heterocycles. The van der Waals surface area contributed by atoms with Crippen molar-refractivity contribution in [2.45, 2.75) is 44.2 Å². The van der Waals surface area contributed by atoms with E-state index in [1.165, 1.54) is 5.56 Å². The molecule has 6 nitrogen and oxygen atoms in total. The maximum absolute atomic E-state index is 8.53. The number of nitrogens with zero attached hydrogens (tertiary/aromatic N) is 3. The zero-order chi connectivity index (χ0) is 15.1. The van der Waals surface area contributed by atoms with Gasteiger partial charge in [-0.1, -0.05) is 35.4 Å². The van der Waals surface area contributed by atoms with Gasteiger partial charge in [-0.25, -0.2) is 0 Å². The lowest BCUT2D eigenvalue weighted by Gasteiger charge is -2.34. The average Bonchev–Trinajstić information content (AvgIpc) is 2.54. The molecule has 0 aliphatic carbocycles. The molecule has 6 heteroatoms. The van der Waals surface area contributed by atoms with Gasteiger partial charge in [-0.3, -0.25) is 0 Å². The van der Waals surface area contributed by atoms with E-state index in [0.717, 1.165) is 19.4 Å². The highest BCUT2D eigenvalue weighted by Crippen LogP contribution is 2.23. The molecule has 1 aromatic carbocycles. The predicted octanol–water partition coefficient (Wildman–Crippen LogP) is 3.17. The van der Waals surface area contributed by atoms with Crippen LogP contribution in [0.25, 0.3) is 10.4 Å². The molecule has 1 heterocycles. The van der Waals surface area contributed by atoms with Crippen LogP contribution in [0.15, 0.2) is 35.4 Å². The summed E-state index contributed by atoms with van der Waals surface area (Å²) >= 11 is 0. The maximum Gasteiger partial charge on any atom is 0.166 e. The van der Waals surface area contributed by atoms with Crippen molar-refractivity contribution in [2.24, 2.45) is 5.11 Å². The molecule has 21 heavy (non-hydrogen) atoms. The van der Waals surface area contributed by atoms with Gasteiger partial charge in [0.15, 0.2) is 6.29 Å². The first-order valence-corrected chi connectivity index (χ1v) is 7.25. The first-order chi connectivity index (χ1) is 10.2. The number of nitrogens with one attached hydrogen (secondary N) is 1. The summed E-state index contributed by atoms with van der Waals surface area (Å²) in [5.74, 6) is 0. The zero-order valence-electron chi connectivity index (χ0n) is 12.5. The monoisotopic (exact) mass is 290 g/mol. The van der Waals surface area contributed by atoms with E-state index in [-0.39, 0.29) is 18.2 Å². The summed E-state index contributed by atoms with van der Waals surface area (Å²) in [5, 5.41) is 7.20. The average molecular weight is 290 g/mol. The van der Waals surface area contributed by atoms with E-state index in [2.05, 4.69) is 34.4 Å². The van der Waals surface area contributed by atoms with Crippen molar-refractivity contribution in [1.82, 2.24) is 5.32 Å². The van der Waals surface area contributed by atoms with Gasteiger partial charge in [0, 0.05) is 24.6 Å². The van der Waals surface area contributed by atoms with Gasteiger partial charge < -0.3 is 14.8 Å². The second kappa shape index (κ2) is 8.00. The standard InChI is InChI=1S/C15H22N4O2/c1-11(12-6-4-3-5-7-12)17-10-13-8-9-14(18-19-16)15(20-2)21-13/h3-7,11,13-15,17H,8-10H2,1-2H3/t11-,13+,14-,15-/m1/s1. The topological polar surface area (TPSA) is 79.2 Å². The van der Waals surface area contributed by atoms with Crippen LogP contribution in [-0.4, -0.2) is 32.1 Å². The van der Waals surface area contributed by atoms with Gasteiger partial charge in [-0.05, 0) is 30.9 Å². The van der Waals surface area contributed by atoms with Crippen molar-refractivity contribution < 1.29 is 9.47 Å². The van der Waals surface area contributed by atoms with Gasteiger partial charge in [0.2, 0.25) is 0 Å². The van der Waals surface area contributed by atoms with Crippen LogP contribution in [0.3, 0.4) is 0 Å². The highest BCUT2D eigenvalue weighted by atomic mass is 16.7. The van der Waals surface area contributed by atoms with Crippen molar-refractivity contribution in [1.29, 1.82) is 0 Å². The van der Waals surface area contributed by atoms with Gasteiger partial charge in [0.1, 0.15) is 0 Å².